The van der Waals surface area contributed by atoms with Gasteiger partial charge in [-0.25, -0.2) is 13.8 Å². The Morgan fingerprint density at radius 1 is 1.13 bits per heavy atom. The zero-order valence-electron chi connectivity index (χ0n) is 16.0. The van der Waals surface area contributed by atoms with E-state index in [9.17, 15) is 23.3 Å². The van der Waals surface area contributed by atoms with E-state index < -0.39 is 27.4 Å². The molecule has 1 amide bonds. The molecule has 0 atom stereocenters. The molecule has 3 aromatic rings. The zero-order valence-corrected chi connectivity index (χ0v) is 16.8. The number of non-ortho nitro benzene ring substituents is 1. The number of nitrogens with zero attached hydrogens (tertiary/aromatic N) is 4. The standard InChI is InChI=1S/C20H17N5O5S/c26-20(23-22-14-16-6-5-11-21-13-16)15-24(17-7-4-8-18(12-17)25(27)28)31(29,30)19-9-2-1-3-10-19/h1-14H,15H2,(H,23,26)/b22-14-. The van der Waals surface area contributed by atoms with Crippen molar-refractivity contribution in [3.63, 3.8) is 0 Å². The Morgan fingerprint density at radius 2 is 1.90 bits per heavy atom. The molecule has 11 heteroatoms. The van der Waals surface area contributed by atoms with Gasteiger partial charge < -0.3 is 0 Å². The molecule has 1 heterocycles. The van der Waals surface area contributed by atoms with Gasteiger partial charge in [-0.3, -0.25) is 24.2 Å². The van der Waals surface area contributed by atoms with Gasteiger partial charge in [0.1, 0.15) is 6.54 Å². The van der Waals surface area contributed by atoms with Crippen LogP contribution in [-0.4, -0.2) is 37.0 Å². The molecule has 0 fully saturated rings. The average Bonchev–Trinajstić information content (AvgIpc) is 2.79. The molecule has 2 aromatic carbocycles. The van der Waals surface area contributed by atoms with Crippen molar-refractivity contribution in [2.75, 3.05) is 10.8 Å². The second-order valence-corrected chi connectivity index (χ2v) is 8.04. The van der Waals surface area contributed by atoms with Gasteiger partial charge in [-0.15, -0.1) is 0 Å². The van der Waals surface area contributed by atoms with E-state index in [1.807, 2.05) is 0 Å². The Balaban J connectivity index is 1.89. The van der Waals surface area contributed by atoms with Crippen LogP contribution in [0.3, 0.4) is 0 Å². The normalized spacial score (nSPS) is 11.2. The summed E-state index contributed by atoms with van der Waals surface area (Å²) in [5.41, 5.74) is 2.56. The minimum Gasteiger partial charge on any atom is -0.271 e. The number of anilines is 1. The van der Waals surface area contributed by atoms with Gasteiger partial charge >= 0.3 is 0 Å². The fraction of sp³-hybridized carbons (Fsp3) is 0.0500. The number of hydrogen-bond donors (Lipinski definition) is 1. The van der Waals surface area contributed by atoms with Crippen molar-refractivity contribution in [3.05, 3.63) is 94.8 Å². The number of nitro groups is 1. The third kappa shape index (κ3) is 5.48. The first-order valence-corrected chi connectivity index (χ1v) is 10.4. The zero-order chi connectivity index (χ0) is 22.3. The van der Waals surface area contributed by atoms with Gasteiger partial charge in [0, 0.05) is 30.1 Å². The Labute approximate surface area is 178 Å². The fourth-order valence-corrected chi connectivity index (χ4v) is 4.03. The van der Waals surface area contributed by atoms with Gasteiger partial charge in [0.2, 0.25) is 0 Å². The lowest BCUT2D eigenvalue weighted by molar-refractivity contribution is -0.384. The molecular weight excluding hydrogens is 422 g/mol. The molecule has 10 nitrogen and oxygen atoms in total. The van der Waals surface area contributed by atoms with Crippen LogP contribution < -0.4 is 9.73 Å². The predicted octanol–water partition coefficient (Wildman–Crippen LogP) is 2.34. The lowest BCUT2D eigenvalue weighted by Crippen LogP contribution is -2.39. The van der Waals surface area contributed by atoms with Gasteiger partial charge in [-0.2, -0.15) is 5.10 Å². The summed E-state index contributed by atoms with van der Waals surface area (Å²) in [5.74, 6) is -0.730. The second kappa shape index (κ2) is 9.59. The quantitative estimate of drug-likeness (QED) is 0.325. The number of pyridine rings is 1. The molecule has 3 rings (SSSR count). The van der Waals surface area contributed by atoms with Crippen molar-refractivity contribution in [2.24, 2.45) is 5.10 Å². The SMILES string of the molecule is O=C(CN(c1cccc([N+](=O)[O-])c1)S(=O)(=O)c1ccccc1)N/N=C\c1cccnc1. The van der Waals surface area contributed by atoms with Crippen LogP contribution in [0.15, 0.2) is 89.1 Å². The van der Waals surface area contributed by atoms with Crippen molar-refractivity contribution in [1.29, 1.82) is 0 Å². The molecule has 0 radical (unpaired) electrons. The summed E-state index contributed by atoms with van der Waals surface area (Å²) in [6, 6.07) is 15.9. The highest BCUT2D eigenvalue weighted by atomic mass is 32.2. The molecule has 1 aromatic heterocycles. The third-order valence-corrected chi connectivity index (χ3v) is 5.82. The predicted molar refractivity (Wildman–Crippen MR) is 114 cm³/mol. The maximum atomic E-state index is 13.2. The van der Waals surface area contributed by atoms with E-state index in [1.165, 1.54) is 54.9 Å². The highest BCUT2D eigenvalue weighted by molar-refractivity contribution is 7.92. The number of nitro benzene ring substituents is 1. The highest BCUT2D eigenvalue weighted by Crippen LogP contribution is 2.26. The van der Waals surface area contributed by atoms with Crippen molar-refractivity contribution in [3.8, 4) is 0 Å². The van der Waals surface area contributed by atoms with E-state index in [2.05, 4.69) is 15.5 Å². The molecule has 0 aliphatic heterocycles. The van der Waals surface area contributed by atoms with E-state index >= 15 is 0 Å². The van der Waals surface area contributed by atoms with Crippen LogP contribution in [0, 0.1) is 10.1 Å². The summed E-state index contributed by atoms with van der Waals surface area (Å²) < 4.78 is 27.1. The van der Waals surface area contributed by atoms with Crippen LogP contribution in [0.4, 0.5) is 11.4 Å². The maximum absolute atomic E-state index is 13.2. The molecular formula is C20H17N5O5S. The van der Waals surface area contributed by atoms with Crippen LogP contribution in [-0.2, 0) is 14.8 Å². The number of benzene rings is 2. The van der Waals surface area contributed by atoms with Gasteiger partial charge in [0.15, 0.2) is 0 Å². The highest BCUT2D eigenvalue weighted by Gasteiger charge is 2.28. The van der Waals surface area contributed by atoms with Gasteiger partial charge in [0.25, 0.3) is 21.6 Å². The number of rotatable bonds is 8. The van der Waals surface area contributed by atoms with E-state index in [0.29, 0.717) is 5.56 Å². The molecule has 31 heavy (non-hydrogen) atoms. The Kier molecular flexibility index (Phi) is 6.67. The summed E-state index contributed by atoms with van der Waals surface area (Å²) in [6.07, 6.45) is 4.47. The van der Waals surface area contributed by atoms with Crippen LogP contribution in [0.25, 0.3) is 0 Å². The number of hydrogen-bond acceptors (Lipinski definition) is 7. The van der Waals surface area contributed by atoms with E-state index in [4.69, 9.17) is 0 Å². The summed E-state index contributed by atoms with van der Waals surface area (Å²) in [5, 5.41) is 14.9. The number of amides is 1. The first-order chi connectivity index (χ1) is 14.9. The van der Waals surface area contributed by atoms with Gasteiger partial charge in [-0.1, -0.05) is 30.3 Å². The average molecular weight is 439 g/mol. The second-order valence-electron chi connectivity index (χ2n) is 6.18. The molecule has 0 aliphatic rings. The van der Waals surface area contributed by atoms with Crippen molar-refractivity contribution in [1.82, 2.24) is 10.4 Å². The first-order valence-electron chi connectivity index (χ1n) is 8.92. The summed E-state index contributed by atoms with van der Waals surface area (Å²) in [4.78, 5) is 26.8. The Morgan fingerprint density at radius 3 is 2.58 bits per heavy atom. The van der Waals surface area contributed by atoms with E-state index in [0.717, 1.165) is 10.4 Å². The lowest BCUT2D eigenvalue weighted by atomic mass is 10.3. The third-order valence-electron chi connectivity index (χ3n) is 4.03. The fourth-order valence-electron chi connectivity index (χ4n) is 2.59. The van der Waals surface area contributed by atoms with Crippen molar-refractivity contribution in [2.45, 2.75) is 4.90 Å². The largest absolute Gasteiger partial charge is 0.271 e. The summed E-state index contributed by atoms with van der Waals surface area (Å²) >= 11 is 0. The molecule has 0 spiro atoms. The van der Waals surface area contributed by atoms with Crippen molar-refractivity contribution >= 4 is 33.5 Å². The van der Waals surface area contributed by atoms with Crippen LogP contribution >= 0.6 is 0 Å². The number of nitrogens with one attached hydrogen (secondary N) is 1. The molecule has 0 unspecified atom stereocenters. The number of hydrazone groups is 1. The lowest BCUT2D eigenvalue weighted by Gasteiger charge is -2.23. The molecule has 0 aliphatic carbocycles. The number of aromatic nitrogens is 1. The Hall–Kier alpha value is -4.12. The monoisotopic (exact) mass is 439 g/mol. The summed E-state index contributed by atoms with van der Waals surface area (Å²) in [6.45, 7) is -0.636. The van der Waals surface area contributed by atoms with E-state index in [-0.39, 0.29) is 16.3 Å². The number of sulfonamides is 1. The molecule has 0 bridgehead atoms. The van der Waals surface area contributed by atoms with Crippen LogP contribution in [0.2, 0.25) is 0 Å². The Bertz CT molecular complexity index is 1200. The number of carbonyl (C=O) groups excluding carboxylic acids is 1. The van der Waals surface area contributed by atoms with Gasteiger partial charge in [0.05, 0.1) is 21.7 Å². The topological polar surface area (TPSA) is 135 Å². The smallest absolute Gasteiger partial charge is 0.271 e. The summed E-state index contributed by atoms with van der Waals surface area (Å²) in [7, 11) is -4.18. The molecule has 0 saturated carbocycles. The first kappa shape index (κ1) is 21.6. The molecule has 1 N–H and O–H groups in total. The van der Waals surface area contributed by atoms with E-state index in [1.54, 1.807) is 24.4 Å². The minimum absolute atomic E-state index is 0.0237. The van der Waals surface area contributed by atoms with Crippen LogP contribution in [0.5, 0.6) is 0 Å². The van der Waals surface area contributed by atoms with Crippen molar-refractivity contribution < 1.29 is 18.1 Å². The molecule has 158 valence electrons. The van der Waals surface area contributed by atoms with Crippen LogP contribution in [0.1, 0.15) is 5.56 Å². The minimum atomic E-state index is -4.18. The number of carbonyl (C=O) groups is 1. The van der Waals surface area contributed by atoms with Gasteiger partial charge in [-0.05, 0) is 24.3 Å². The molecule has 0 saturated heterocycles. The maximum Gasteiger partial charge on any atom is 0.271 e.